The third-order valence-corrected chi connectivity index (χ3v) is 2.99. The van der Waals surface area contributed by atoms with Crippen molar-refractivity contribution in [2.45, 2.75) is 40.0 Å². The molecule has 0 aliphatic heterocycles. The van der Waals surface area contributed by atoms with Gasteiger partial charge < -0.3 is 0 Å². The summed E-state index contributed by atoms with van der Waals surface area (Å²) in [4.78, 5) is 0. The summed E-state index contributed by atoms with van der Waals surface area (Å²) in [7, 11) is 0. The van der Waals surface area contributed by atoms with E-state index in [1.54, 1.807) is 0 Å². The van der Waals surface area contributed by atoms with Gasteiger partial charge in [-0.15, -0.1) is 0 Å². The van der Waals surface area contributed by atoms with Crippen molar-refractivity contribution >= 4 is 0 Å². The first-order chi connectivity index (χ1) is 8.81. The van der Waals surface area contributed by atoms with E-state index in [4.69, 9.17) is 0 Å². The van der Waals surface area contributed by atoms with Gasteiger partial charge in [0.05, 0.1) is 0 Å². The van der Waals surface area contributed by atoms with E-state index in [-0.39, 0.29) is 32.7 Å². The van der Waals surface area contributed by atoms with Crippen LogP contribution < -0.4 is 0 Å². The Labute approximate surface area is 143 Å². The van der Waals surface area contributed by atoms with Gasteiger partial charge in [-0.1, -0.05) is 40.0 Å². The van der Waals surface area contributed by atoms with Gasteiger partial charge in [-0.3, -0.25) is 0 Å². The molecule has 0 N–H and O–H groups in total. The molecule has 0 saturated carbocycles. The van der Waals surface area contributed by atoms with Crippen LogP contribution in [0, 0.1) is 12.1 Å². The molecule has 1 heteroatoms. The quantitative estimate of drug-likeness (QED) is 0.720. The Hall–Kier alpha value is -0.456. The van der Waals surface area contributed by atoms with Crippen LogP contribution in [-0.4, -0.2) is 0 Å². The van der Waals surface area contributed by atoms with Crippen LogP contribution in [0.5, 0.6) is 0 Å². The molecule has 19 heavy (non-hydrogen) atoms. The molecule has 0 aromatic heterocycles. The summed E-state index contributed by atoms with van der Waals surface area (Å²) in [5, 5.41) is 0. The molecule has 0 fully saturated rings. The summed E-state index contributed by atoms with van der Waals surface area (Å²) in [5.41, 5.74) is 4.25. The molecular weight excluding hydrogens is 305 g/mol. The predicted molar refractivity (Wildman–Crippen MR) is 78.7 cm³/mol. The van der Waals surface area contributed by atoms with Crippen molar-refractivity contribution in [1.82, 2.24) is 0 Å². The molecule has 0 nitrogen and oxygen atoms in total. The molecule has 0 bridgehead atoms. The second-order valence-electron chi connectivity index (χ2n) is 4.17. The molecule has 2 aromatic rings. The summed E-state index contributed by atoms with van der Waals surface area (Å²) < 4.78 is 0. The first kappa shape index (κ1) is 18.5. The summed E-state index contributed by atoms with van der Waals surface area (Å²) in [6.07, 6.45) is 3.37. The van der Waals surface area contributed by atoms with Gasteiger partial charge in [0.25, 0.3) is 0 Å². The molecule has 0 aliphatic rings. The molecule has 2 aromatic carbocycles. The molecule has 99 valence electrons. The zero-order chi connectivity index (χ0) is 13.2. The van der Waals surface area contributed by atoms with E-state index in [1.807, 2.05) is 24.3 Å². The maximum Gasteiger partial charge on any atom is 0 e. The number of hydrogen-bond acceptors (Lipinski definition) is 0. The van der Waals surface area contributed by atoms with Crippen LogP contribution in [0.1, 0.15) is 37.5 Å². The Balaban J connectivity index is 0.000000331. The van der Waals surface area contributed by atoms with Crippen LogP contribution in [0.2, 0.25) is 0 Å². The predicted octanol–water partition coefficient (Wildman–Crippen LogP) is 4.66. The van der Waals surface area contributed by atoms with Crippen LogP contribution in [0.4, 0.5) is 0 Å². The third kappa shape index (κ3) is 7.04. The molecule has 0 atom stereocenters. The fourth-order valence-electron chi connectivity index (χ4n) is 1.82. The smallest absolute Gasteiger partial charge is 0 e. The van der Waals surface area contributed by atoms with Crippen molar-refractivity contribution in [1.29, 1.82) is 0 Å². The minimum atomic E-state index is 0. The largest absolute Gasteiger partial charge is 0.184 e. The van der Waals surface area contributed by atoms with Gasteiger partial charge in [0.1, 0.15) is 0 Å². The van der Waals surface area contributed by atoms with Gasteiger partial charge in [0.15, 0.2) is 0 Å². The zero-order valence-electron chi connectivity index (χ0n) is 12.2. The van der Waals surface area contributed by atoms with Crippen LogP contribution >= 0.6 is 0 Å². The van der Waals surface area contributed by atoms with E-state index in [2.05, 4.69) is 51.1 Å². The second kappa shape index (κ2) is 11.4. The van der Waals surface area contributed by atoms with Crippen molar-refractivity contribution in [3.8, 4) is 0 Å². The molecule has 0 heterocycles. The van der Waals surface area contributed by atoms with Crippen LogP contribution in [-0.2, 0) is 52.0 Å². The Kier molecular flexibility index (Phi) is 11.1. The minimum absolute atomic E-state index is 0. The molecule has 0 saturated heterocycles. The third-order valence-electron chi connectivity index (χ3n) is 2.99. The second-order valence-corrected chi connectivity index (χ2v) is 4.17. The first-order valence-electron chi connectivity index (χ1n) is 6.74. The molecule has 0 amide bonds. The van der Waals surface area contributed by atoms with Crippen molar-refractivity contribution in [2.24, 2.45) is 0 Å². The molecule has 0 unspecified atom stereocenters. The van der Waals surface area contributed by atoms with Gasteiger partial charge in [-0.05, 0) is 0 Å². The fraction of sp³-hybridized carbons (Fsp3) is 0.333. The molecule has 0 aliphatic carbocycles. The number of rotatable bonds is 3. The fourth-order valence-corrected chi connectivity index (χ4v) is 1.82. The van der Waals surface area contributed by atoms with E-state index in [9.17, 15) is 0 Å². The maximum atomic E-state index is 3.09. The number of aryl methyl sites for hydroxylation is 3. The molecule has 0 spiro atoms. The Morgan fingerprint density at radius 2 is 1.47 bits per heavy atom. The maximum absolute atomic E-state index is 3.09. The summed E-state index contributed by atoms with van der Waals surface area (Å²) in [5.74, 6) is 0. The van der Waals surface area contributed by atoms with Crippen molar-refractivity contribution < 1.29 is 32.7 Å². The summed E-state index contributed by atoms with van der Waals surface area (Å²) >= 11 is 0. The van der Waals surface area contributed by atoms with E-state index in [0.29, 0.717) is 0 Å². The van der Waals surface area contributed by atoms with Crippen LogP contribution in [0.15, 0.2) is 42.5 Å². The van der Waals surface area contributed by atoms with E-state index in [1.165, 1.54) is 16.7 Å². The van der Waals surface area contributed by atoms with E-state index in [0.717, 1.165) is 19.3 Å². The topological polar surface area (TPSA) is 0 Å². The normalized spacial score (nSPS) is 9.00. The molecule has 2 rings (SSSR count). The number of hydrogen-bond donors (Lipinski definition) is 0. The SMILES string of the molecule is CCc1c[c-]ccc1.CCc1c[c-]ccc1CC.[Y]. The van der Waals surface area contributed by atoms with Crippen LogP contribution in [0.25, 0.3) is 0 Å². The van der Waals surface area contributed by atoms with Gasteiger partial charge in [0.2, 0.25) is 0 Å². The van der Waals surface area contributed by atoms with Gasteiger partial charge in [-0.2, -0.15) is 71.3 Å². The minimum Gasteiger partial charge on any atom is -0.184 e. The Morgan fingerprint density at radius 3 is 1.89 bits per heavy atom. The van der Waals surface area contributed by atoms with Crippen molar-refractivity contribution in [2.75, 3.05) is 0 Å². The van der Waals surface area contributed by atoms with Crippen molar-refractivity contribution in [3.63, 3.8) is 0 Å². The average molecular weight is 327 g/mol. The summed E-state index contributed by atoms with van der Waals surface area (Å²) in [6, 6.07) is 20.4. The monoisotopic (exact) mass is 327 g/mol. The van der Waals surface area contributed by atoms with Gasteiger partial charge >= 0.3 is 0 Å². The van der Waals surface area contributed by atoms with Gasteiger partial charge in [-0.25, -0.2) is 0 Å². The first-order valence-corrected chi connectivity index (χ1v) is 6.74. The summed E-state index contributed by atoms with van der Waals surface area (Å²) in [6.45, 7) is 6.51. The van der Waals surface area contributed by atoms with Crippen LogP contribution in [0.3, 0.4) is 0 Å². The Bertz CT molecular complexity index is 411. The van der Waals surface area contributed by atoms with Crippen molar-refractivity contribution in [3.05, 3.63) is 71.3 Å². The van der Waals surface area contributed by atoms with E-state index >= 15 is 0 Å². The molecular formula is C18H22Y-2. The molecule has 1 radical (unpaired) electrons. The van der Waals surface area contributed by atoms with Gasteiger partial charge in [0, 0.05) is 32.7 Å². The Morgan fingerprint density at radius 1 is 0.789 bits per heavy atom. The number of benzene rings is 2. The zero-order valence-corrected chi connectivity index (χ0v) is 15.1. The average Bonchev–Trinajstić information content (AvgIpc) is 2.48. The van der Waals surface area contributed by atoms with E-state index < -0.39 is 0 Å². The standard InChI is InChI=1S/C10H13.C8H9.Y/c1-3-9-7-5-6-8-10(9)4-2;1-2-8-6-4-3-5-7-8;/h5,7-8H,3-4H2,1-2H3;3-4,6-7H,2H2,1H3;/q2*-1;.